The molecule has 1 aromatic rings. The number of halogens is 1. The zero-order chi connectivity index (χ0) is 14.7. The molecular weight excluding hydrogens is 322 g/mol. The van der Waals surface area contributed by atoms with Crippen LogP contribution in [0.5, 0.6) is 0 Å². The molecule has 2 heterocycles. The number of aromatic nitrogens is 2. The van der Waals surface area contributed by atoms with Crippen LogP contribution in [0.4, 0.5) is 0 Å². The Kier molecular flexibility index (Phi) is 5.21. The molecular formula is C14H22BrN3O2. The maximum absolute atomic E-state index is 10.9. The lowest BCUT2D eigenvalue weighted by Crippen LogP contribution is -2.31. The molecule has 1 aromatic heterocycles. The summed E-state index contributed by atoms with van der Waals surface area (Å²) in [6.45, 7) is 6.77. The number of rotatable bonds is 6. The van der Waals surface area contributed by atoms with Crippen molar-refractivity contribution in [2.75, 3.05) is 6.54 Å². The molecule has 1 saturated heterocycles. The van der Waals surface area contributed by atoms with Crippen LogP contribution in [0.2, 0.25) is 0 Å². The van der Waals surface area contributed by atoms with Crippen molar-refractivity contribution in [1.29, 1.82) is 0 Å². The van der Waals surface area contributed by atoms with Crippen molar-refractivity contribution < 1.29 is 9.90 Å². The van der Waals surface area contributed by atoms with Gasteiger partial charge in [-0.25, -0.2) is 0 Å². The van der Waals surface area contributed by atoms with Gasteiger partial charge in [0.1, 0.15) is 0 Å². The van der Waals surface area contributed by atoms with Crippen molar-refractivity contribution in [3.8, 4) is 0 Å². The number of hydrogen-bond donors (Lipinski definition) is 1. The highest BCUT2D eigenvalue weighted by atomic mass is 79.9. The zero-order valence-electron chi connectivity index (χ0n) is 12.1. The van der Waals surface area contributed by atoms with Gasteiger partial charge in [-0.3, -0.25) is 14.4 Å². The number of nitrogens with zero attached hydrogens (tertiary/aromatic N) is 3. The van der Waals surface area contributed by atoms with E-state index < -0.39 is 5.97 Å². The molecule has 20 heavy (non-hydrogen) atoms. The fourth-order valence-electron chi connectivity index (χ4n) is 2.90. The van der Waals surface area contributed by atoms with Crippen molar-refractivity contribution in [2.45, 2.75) is 58.7 Å². The minimum Gasteiger partial charge on any atom is -0.481 e. The highest BCUT2D eigenvalue weighted by Crippen LogP contribution is 2.28. The molecule has 6 heteroatoms. The topological polar surface area (TPSA) is 58.4 Å². The lowest BCUT2D eigenvalue weighted by Gasteiger charge is -2.23. The maximum Gasteiger partial charge on any atom is 0.304 e. The summed E-state index contributed by atoms with van der Waals surface area (Å²) in [5.74, 6) is -0.709. The van der Waals surface area contributed by atoms with Gasteiger partial charge in [-0.15, -0.1) is 0 Å². The van der Waals surface area contributed by atoms with Gasteiger partial charge in [-0.1, -0.05) is 6.92 Å². The highest BCUT2D eigenvalue weighted by Gasteiger charge is 2.28. The molecule has 112 valence electrons. The Labute approximate surface area is 128 Å². The molecule has 0 radical (unpaired) electrons. The summed E-state index contributed by atoms with van der Waals surface area (Å²) in [5.41, 5.74) is 2.25. The van der Waals surface area contributed by atoms with E-state index in [4.69, 9.17) is 5.11 Å². The predicted molar refractivity (Wildman–Crippen MR) is 80.7 cm³/mol. The molecule has 1 aliphatic heterocycles. The SMILES string of the molecule is CCc1nn(CC)c(CN2CCCC2CC(=O)O)c1Br. The zero-order valence-corrected chi connectivity index (χ0v) is 13.7. The van der Waals surface area contributed by atoms with Gasteiger partial charge >= 0.3 is 5.97 Å². The summed E-state index contributed by atoms with van der Waals surface area (Å²) < 4.78 is 3.11. The number of carboxylic acids is 1. The highest BCUT2D eigenvalue weighted by molar-refractivity contribution is 9.10. The van der Waals surface area contributed by atoms with Gasteiger partial charge in [0.15, 0.2) is 0 Å². The fraction of sp³-hybridized carbons (Fsp3) is 0.714. The normalized spacial score (nSPS) is 19.6. The van der Waals surface area contributed by atoms with E-state index >= 15 is 0 Å². The quantitative estimate of drug-likeness (QED) is 0.862. The summed E-state index contributed by atoms with van der Waals surface area (Å²) in [4.78, 5) is 13.2. The lowest BCUT2D eigenvalue weighted by atomic mass is 10.1. The summed E-state index contributed by atoms with van der Waals surface area (Å²) in [5, 5.41) is 13.6. The van der Waals surface area contributed by atoms with E-state index in [1.807, 2.05) is 4.68 Å². The average Bonchev–Trinajstić information content (AvgIpc) is 2.96. The molecule has 0 bridgehead atoms. The number of carboxylic acid groups (broad SMARTS) is 1. The van der Waals surface area contributed by atoms with Crippen molar-refractivity contribution in [3.05, 3.63) is 15.9 Å². The molecule has 0 aliphatic carbocycles. The Morgan fingerprint density at radius 3 is 2.85 bits per heavy atom. The summed E-state index contributed by atoms with van der Waals surface area (Å²) in [6, 6.07) is 0.157. The molecule has 1 N–H and O–H groups in total. The van der Waals surface area contributed by atoms with E-state index in [9.17, 15) is 4.79 Å². The molecule has 1 unspecified atom stereocenters. The van der Waals surface area contributed by atoms with E-state index in [1.54, 1.807) is 0 Å². The van der Waals surface area contributed by atoms with Gasteiger partial charge in [0, 0.05) is 19.1 Å². The minimum atomic E-state index is -0.709. The molecule has 1 atom stereocenters. The van der Waals surface area contributed by atoms with Crippen molar-refractivity contribution >= 4 is 21.9 Å². The fourth-order valence-corrected chi connectivity index (χ4v) is 3.59. The molecule has 0 amide bonds. The van der Waals surface area contributed by atoms with Crippen molar-refractivity contribution in [2.24, 2.45) is 0 Å². The van der Waals surface area contributed by atoms with Crippen LogP contribution in [0.3, 0.4) is 0 Å². The first-order valence-electron chi connectivity index (χ1n) is 7.26. The molecule has 0 saturated carbocycles. The second-order valence-electron chi connectivity index (χ2n) is 5.24. The molecule has 0 aromatic carbocycles. The Bertz CT molecular complexity index is 487. The van der Waals surface area contributed by atoms with Gasteiger partial charge in [-0.05, 0) is 48.7 Å². The molecule has 2 rings (SSSR count). The van der Waals surface area contributed by atoms with Crippen LogP contribution in [0.15, 0.2) is 4.47 Å². The first-order valence-corrected chi connectivity index (χ1v) is 8.06. The number of hydrogen-bond acceptors (Lipinski definition) is 3. The Hall–Kier alpha value is -0.880. The van der Waals surface area contributed by atoms with Crippen LogP contribution in [0.1, 0.15) is 44.5 Å². The molecule has 5 nitrogen and oxygen atoms in total. The molecule has 1 fully saturated rings. The van der Waals surface area contributed by atoms with Gasteiger partial charge in [0.2, 0.25) is 0 Å². The Balaban J connectivity index is 2.16. The van der Waals surface area contributed by atoms with E-state index in [-0.39, 0.29) is 12.5 Å². The third kappa shape index (κ3) is 3.23. The van der Waals surface area contributed by atoms with Crippen molar-refractivity contribution in [3.63, 3.8) is 0 Å². The Morgan fingerprint density at radius 1 is 1.50 bits per heavy atom. The number of aryl methyl sites for hydroxylation is 2. The number of aliphatic carboxylic acids is 1. The third-order valence-electron chi connectivity index (χ3n) is 3.96. The smallest absolute Gasteiger partial charge is 0.304 e. The van der Waals surface area contributed by atoms with E-state index in [2.05, 4.69) is 39.8 Å². The van der Waals surface area contributed by atoms with Crippen LogP contribution in [-0.2, 0) is 24.3 Å². The monoisotopic (exact) mass is 343 g/mol. The van der Waals surface area contributed by atoms with Crippen molar-refractivity contribution in [1.82, 2.24) is 14.7 Å². The van der Waals surface area contributed by atoms with E-state index in [0.29, 0.717) is 0 Å². The minimum absolute atomic E-state index is 0.157. The second-order valence-corrected chi connectivity index (χ2v) is 6.03. The average molecular weight is 344 g/mol. The van der Waals surface area contributed by atoms with Crippen LogP contribution in [-0.4, -0.2) is 38.3 Å². The number of carbonyl (C=O) groups is 1. The summed E-state index contributed by atoms with van der Waals surface area (Å²) in [7, 11) is 0. The van der Waals surface area contributed by atoms with E-state index in [1.165, 1.54) is 5.69 Å². The van der Waals surface area contributed by atoms with Crippen LogP contribution < -0.4 is 0 Å². The predicted octanol–water partition coefficient (Wildman–Crippen LogP) is 2.67. The largest absolute Gasteiger partial charge is 0.481 e. The molecule has 1 aliphatic rings. The summed E-state index contributed by atoms with van der Waals surface area (Å²) >= 11 is 3.65. The third-order valence-corrected chi connectivity index (χ3v) is 4.87. The maximum atomic E-state index is 10.9. The van der Waals surface area contributed by atoms with Crippen LogP contribution in [0, 0.1) is 0 Å². The first-order chi connectivity index (χ1) is 9.56. The lowest BCUT2D eigenvalue weighted by molar-refractivity contribution is -0.138. The van der Waals surface area contributed by atoms with Gasteiger partial charge in [0.05, 0.1) is 22.3 Å². The Morgan fingerprint density at radius 2 is 2.25 bits per heavy atom. The standard InChI is InChI=1S/C14H22BrN3O2/c1-3-11-14(15)12(18(4-2)16-11)9-17-7-5-6-10(17)8-13(19)20/h10H,3-9H2,1-2H3,(H,19,20). The number of likely N-dealkylation sites (tertiary alicyclic amines) is 1. The van der Waals surface area contributed by atoms with Crippen LogP contribution >= 0.6 is 15.9 Å². The van der Waals surface area contributed by atoms with E-state index in [0.717, 1.165) is 49.1 Å². The second kappa shape index (κ2) is 6.72. The van der Waals surface area contributed by atoms with Gasteiger partial charge in [-0.2, -0.15) is 5.10 Å². The van der Waals surface area contributed by atoms with Gasteiger partial charge < -0.3 is 5.11 Å². The summed E-state index contributed by atoms with van der Waals surface area (Å²) in [6.07, 6.45) is 3.19. The first kappa shape index (κ1) is 15.5. The molecule has 0 spiro atoms. The van der Waals surface area contributed by atoms with Gasteiger partial charge in [0.25, 0.3) is 0 Å². The van der Waals surface area contributed by atoms with Crippen LogP contribution in [0.25, 0.3) is 0 Å².